The highest BCUT2D eigenvalue weighted by Crippen LogP contribution is 2.18. The second-order valence-electron chi connectivity index (χ2n) is 1.89. The van der Waals surface area contributed by atoms with E-state index in [9.17, 15) is 4.79 Å². The highest BCUT2D eigenvalue weighted by atomic mass is 35.5. The average molecular weight is 162 g/mol. The molecule has 0 spiro atoms. The molecule has 0 saturated carbocycles. The summed E-state index contributed by atoms with van der Waals surface area (Å²) in [6.45, 7) is 0. The Kier molecular flexibility index (Phi) is 2.17. The van der Waals surface area contributed by atoms with Crippen LogP contribution >= 0.6 is 11.6 Å². The Balaban J connectivity index is 2.59. The van der Waals surface area contributed by atoms with Crippen LogP contribution in [0.1, 0.15) is 6.42 Å². The molecule has 10 heavy (non-hydrogen) atoms. The number of hydrogen-bond donors (Lipinski definition) is 1. The molecular weight excluding hydrogens is 156 g/mol. The Morgan fingerprint density at radius 2 is 2.50 bits per heavy atom. The molecule has 0 atom stereocenters. The summed E-state index contributed by atoms with van der Waals surface area (Å²) in [5.41, 5.74) is 0. The van der Waals surface area contributed by atoms with Gasteiger partial charge in [0.2, 0.25) is 5.78 Å². The van der Waals surface area contributed by atoms with Crippen molar-refractivity contribution in [3.8, 4) is 0 Å². The Morgan fingerprint density at radius 1 is 1.80 bits per heavy atom. The second-order valence-corrected chi connectivity index (χ2v) is 2.16. The first-order chi connectivity index (χ1) is 4.74. The Morgan fingerprint density at radius 3 is 3.00 bits per heavy atom. The van der Waals surface area contributed by atoms with E-state index in [0.717, 1.165) is 6.26 Å². The molecule has 0 bridgehead atoms. The van der Waals surface area contributed by atoms with Crippen LogP contribution in [0.2, 0.25) is 0 Å². The Labute approximate surface area is 63.2 Å². The first kappa shape index (κ1) is 7.41. The van der Waals surface area contributed by atoms with E-state index >= 15 is 0 Å². The lowest BCUT2D eigenvalue weighted by Gasteiger charge is -2.15. The number of halogens is 1. The summed E-state index contributed by atoms with van der Waals surface area (Å²) in [5.74, 6) is -0.494. The Hall–Kier alpha value is -0.700. The van der Waals surface area contributed by atoms with Crippen molar-refractivity contribution in [3.05, 3.63) is 18.1 Å². The zero-order valence-corrected chi connectivity index (χ0v) is 5.89. The number of allylic oxidation sites excluding steroid dienone is 1. The molecular formula is C6H6ClO3. The summed E-state index contributed by atoms with van der Waals surface area (Å²) >= 11 is 5.37. The van der Waals surface area contributed by atoms with Crippen LogP contribution in [0.15, 0.2) is 12.0 Å². The van der Waals surface area contributed by atoms with Crippen molar-refractivity contribution in [3.63, 3.8) is 0 Å². The smallest absolute Gasteiger partial charge is 0.204 e. The monoisotopic (exact) mass is 161 g/mol. The number of hydrogen-bond acceptors (Lipinski definition) is 3. The van der Waals surface area contributed by atoms with Crippen LogP contribution in [-0.4, -0.2) is 16.8 Å². The van der Waals surface area contributed by atoms with Gasteiger partial charge in [-0.15, -0.1) is 11.6 Å². The molecule has 0 aliphatic carbocycles. The summed E-state index contributed by atoms with van der Waals surface area (Å²) in [6, 6.07) is 0. The molecule has 0 saturated heterocycles. The van der Waals surface area contributed by atoms with Crippen LogP contribution in [0.5, 0.6) is 0 Å². The fourth-order valence-electron chi connectivity index (χ4n) is 0.595. The van der Waals surface area contributed by atoms with Crippen molar-refractivity contribution in [2.75, 3.05) is 5.88 Å². The van der Waals surface area contributed by atoms with Crippen LogP contribution in [0.4, 0.5) is 0 Å². The first-order valence-corrected chi connectivity index (χ1v) is 3.27. The van der Waals surface area contributed by atoms with Gasteiger partial charge in [0.25, 0.3) is 0 Å². The van der Waals surface area contributed by atoms with Crippen molar-refractivity contribution >= 4 is 17.4 Å². The lowest BCUT2D eigenvalue weighted by atomic mass is 10.1. The fourth-order valence-corrected chi connectivity index (χ4v) is 0.752. The van der Waals surface area contributed by atoms with E-state index in [1.807, 2.05) is 0 Å². The summed E-state index contributed by atoms with van der Waals surface area (Å²) in [7, 11) is 0. The van der Waals surface area contributed by atoms with Gasteiger partial charge in [-0.1, -0.05) is 0 Å². The number of carbonyl (C=O) groups is 1. The molecule has 1 aliphatic heterocycles. The maximum atomic E-state index is 10.7. The lowest BCUT2D eigenvalue weighted by Crippen LogP contribution is -2.16. The SMILES string of the molecule is O=C1C[C](CCl)OC=C1O. The normalized spacial score (nSPS) is 20.1. The van der Waals surface area contributed by atoms with Gasteiger partial charge in [0.05, 0.1) is 12.3 Å². The standard InChI is InChI=1S/C6H6ClO3/c7-2-4-1-5(8)6(9)3-10-4/h3,9H,1-2H2. The molecule has 0 aromatic rings. The maximum absolute atomic E-state index is 10.7. The van der Waals surface area contributed by atoms with Gasteiger partial charge < -0.3 is 9.84 Å². The number of rotatable bonds is 1. The number of ketones is 1. The minimum Gasteiger partial charge on any atom is -0.502 e. The van der Waals surface area contributed by atoms with Gasteiger partial charge in [0.1, 0.15) is 6.26 Å². The third-order valence-corrected chi connectivity index (χ3v) is 1.43. The molecule has 1 radical (unpaired) electrons. The second kappa shape index (κ2) is 2.92. The minimum absolute atomic E-state index is 0.0891. The molecule has 1 heterocycles. The van der Waals surface area contributed by atoms with Crippen molar-refractivity contribution in [2.45, 2.75) is 6.42 Å². The van der Waals surface area contributed by atoms with Gasteiger partial charge >= 0.3 is 0 Å². The van der Waals surface area contributed by atoms with Gasteiger partial charge in [0.15, 0.2) is 11.9 Å². The summed E-state index contributed by atoms with van der Waals surface area (Å²) in [4.78, 5) is 10.7. The molecule has 0 unspecified atom stereocenters. The molecule has 3 nitrogen and oxygen atoms in total. The van der Waals surface area contributed by atoms with Crippen LogP contribution in [0.25, 0.3) is 0 Å². The van der Waals surface area contributed by atoms with Gasteiger partial charge in [-0.05, 0) is 0 Å². The van der Waals surface area contributed by atoms with Gasteiger partial charge in [-0.2, -0.15) is 0 Å². The third kappa shape index (κ3) is 1.42. The summed E-state index contributed by atoms with van der Waals surface area (Å²) in [6.07, 6.45) is 1.57. The minimum atomic E-state index is -0.345. The maximum Gasteiger partial charge on any atom is 0.204 e. The molecule has 1 aliphatic rings. The average Bonchev–Trinajstić information content (AvgIpc) is 1.95. The first-order valence-electron chi connectivity index (χ1n) is 2.73. The largest absolute Gasteiger partial charge is 0.502 e. The molecule has 1 N–H and O–H groups in total. The topological polar surface area (TPSA) is 46.5 Å². The van der Waals surface area contributed by atoms with Crippen LogP contribution < -0.4 is 0 Å². The summed E-state index contributed by atoms with van der Waals surface area (Å²) < 4.78 is 4.76. The zero-order chi connectivity index (χ0) is 7.56. The van der Waals surface area contributed by atoms with Crippen molar-refractivity contribution in [1.82, 2.24) is 0 Å². The third-order valence-electron chi connectivity index (χ3n) is 1.13. The van der Waals surface area contributed by atoms with Crippen molar-refractivity contribution in [2.24, 2.45) is 0 Å². The number of aliphatic hydroxyl groups excluding tert-OH is 1. The number of aliphatic hydroxyl groups is 1. The predicted molar refractivity (Wildman–Crippen MR) is 35.4 cm³/mol. The fraction of sp³-hybridized carbons (Fsp3) is 0.333. The van der Waals surface area contributed by atoms with E-state index in [4.69, 9.17) is 21.4 Å². The van der Waals surface area contributed by atoms with E-state index in [1.165, 1.54) is 0 Å². The van der Waals surface area contributed by atoms with Crippen LogP contribution in [-0.2, 0) is 9.53 Å². The molecule has 0 aromatic heterocycles. The van der Waals surface area contributed by atoms with Gasteiger partial charge in [0, 0.05) is 0 Å². The van der Waals surface area contributed by atoms with E-state index < -0.39 is 0 Å². The van der Waals surface area contributed by atoms with Crippen LogP contribution in [0.3, 0.4) is 0 Å². The van der Waals surface area contributed by atoms with E-state index in [1.54, 1.807) is 0 Å². The van der Waals surface area contributed by atoms with Crippen molar-refractivity contribution < 1.29 is 14.6 Å². The molecule has 0 aromatic carbocycles. The zero-order valence-electron chi connectivity index (χ0n) is 5.13. The van der Waals surface area contributed by atoms with Gasteiger partial charge in [-0.3, -0.25) is 4.79 Å². The molecule has 55 valence electrons. The lowest BCUT2D eigenvalue weighted by molar-refractivity contribution is -0.119. The highest BCUT2D eigenvalue weighted by Gasteiger charge is 2.22. The quantitative estimate of drug-likeness (QED) is 0.587. The molecule has 0 fully saturated rings. The van der Waals surface area contributed by atoms with E-state index in [0.29, 0.717) is 6.10 Å². The van der Waals surface area contributed by atoms with E-state index in [2.05, 4.69) is 0 Å². The number of alkyl halides is 1. The van der Waals surface area contributed by atoms with E-state index in [-0.39, 0.29) is 23.8 Å². The number of ether oxygens (including phenoxy) is 1. The summed E-state index contributed by atoms with van der Waals surface area (Å²) in [5, 5.41) is 8.72. The van der Waals surface area contributed by atoms with Gasteiger partial charge in [-0.25, -0.2) is 0 Å². The molecule has 0 amide bonds. The molecule has 4 heteroatoms. The number of carbonyl (C=O) groups excluding carboxylic acids is 1. The van der Waals surface area contributed by atoms with Crippen LogP contribution in [0, 0.1) is 6.10 Å². The van der Waals surface area contributed by atoms with Crippen molar-refractivity contribution in [1.29, 1.82) is 0 Å². The number of Topliss-reactive ketones (excluding diaryl/α,β-unsaturated/α-hetero) is 1. The Bertz CT molecular complexity index is 176. The molecule has 1 rings (SSSR count). The predicted octanol–water partition coefficient (Wildman–Crippen LogP) is 1.15. The highest BCUT2D eigenvalue weighted by molar-refractivity contribution is 6.19.